The van der Waals surface area contributed by atoms with E-state index in [1.807, 2.05) is 0 Å². The van der Waals surface area contributed by atoms with E-state index in [4.69, 9.17) is 5.11 Å². The molecule has 1 saturated heterocycles. The van der Waals surface area contributed by atoms with Gasteiger partial charge < -0.3 is 10.0 Å². The van der Waals surface area contributed by atoms with Crippen LogP contribution in [0.3, 0.4) is 0 Å². The molecule has 5 nitrogen and oxygen atoms in total. The van der Waals surface area contributed by atoms with Gasteiger partial charge in [-0.1, -0.05) is 0 Å². The number of aliphatic hydroxyl groups is 1. The average Bonchev–Trinajstić information content (AvgIpc) is 2.39. The van der Waals surface area contributed by atoms with E-state index in [0.717, 1.165) is 38.0 Å². The summed E-state index contributed by atoms with van der Waals surface area (Å²) in [5, 5.41) is 19.6. The number of aliphatic hydroxyl groups excluding tert-OH is 1. The second-order valence-corrected chi connectivity index (χ2v) is 4.74. The molecule has 0 spiro atoms. The molecule has 5 heteroatoms. The molecule has 1 aliphatic rings. The summed E-state index contributed by atoms with van der Waals surface area (Å²) in [5.41, 5.74) is 1.16. The van der Waals surface area contributed by atoms with Gasteiger partial charge in [0.15, 0.2) is 0 Å². The summed E-state index contributed by atoms with van der Waals surface area (Å²) in [6.07, 6.45) is 3.11. The Labute approximate surface area is 106 Å². The maximum atomic E-state index is 10.6. The molecule has 0 saturated carbocycles. The third-order valence-corrected chi connectivity index (χ3v) is 3.48. The average molecular weight is 250 g/mol. The number of nitrogens with zero attached hydrogens (tertiary/aromatic N) is 2. The Bertz CT molecular complexity index is 403. The van der Waals surface area contributed by atoms with Gasteiger partial charge in [-0.25, -0.2) is 0 Å². The predicted molar refractivity (Wildman–Crippen MR) is 69.7 cm³/mol. The number of benzene rings is 1. The molecule has 0 bridgehead atoms. The molecule has 0 amide bonds. The van der Waals surface area contributed by atoms with Crippen molar-refractivity contribution in [3.8, 4) is 0 Å². The largest absolute Gasteiger partial charge is 0.396 e. The smallest absolute Gasteiger partial charge is 0.269 e. The van der Waals surface area contributed by atoms with Crippen LogP contribution in [0.25, 0.3) is 0 Å². The Morgan fingerprint density at radius 1 is 1.39 bits per heavy atom. The number of rotatable bonds is 4. The summed E-state index contributed by atoms with van der Waals surface area (Å²) in [7, 11) is 0. The minimum absolute atomic E-state index is 0.127. The summed E-state index contributed by atoms with van der Waals surface area (Å²) in [5.74, 6) is 0.527. The zero-order valence-electron chi connectivity index (χ0n) is 10.3. The first-order valence-electron chi connectivity index (χ1n) is 6.31. The quantitative estimate of drug-likeness (QED) is 0.657. The second-order valence-electron chi connectivity index (χ2n) is 4.74. The van der Waals surface area contributed by atoms with Crippen molar-refractivity contribution in [3.63, 3.8) is 0 Å². The van der Waals surface area contributed by atoms with Gasteiger partial charge in [0.05, 0.1) is 4.92 Å². The summed E-state index contributed by atoms with van der Waals surface area (Å²) < 4.78 is 0. The number of anilines is 1. The molecule has 1 aromatic rings. The summed E-state index contributed by atoms with van der Waals surface area (Å²) in [4.78, 5) is 12.5. The lowest BCUT2D eigenvalue weighted by atomic mass is 9.95. The van der Waals surface area contributed by atoms with E-state index in [1.54, 1.807) is 24.3 Å². The standard InChI is InChI=1S/C13H18N2O3/c16-9-7-11-2-1-8-14(10-11)12-3-5-13(6-4-12)15(17)18/h3-6,11,16H,1-2,7-10H2. The van der Waals surface area contributed by atoms with Gasteiger partial charge in [-0.3, -0.25) is 10.1 Å². The maximum Gasteiger partial charge on any atom is 0.269 e. The zero-order chi connectivity index (χ0) is 13.0. The molecule has 0 radical (unpaired) electrons. The fourth-order valence-corrected chi connectivity index (χ4v) is 2.50. The van der Waals surface area contributed by atoms with Crippen LogP contribution >= 0.6 is 0 Å². The van der Waals surface area contributed by atoms with Crippen LogP contribution in [-0.4, -0.2) is 29.7 Å². The van der Waals surface area contributed by atoms with Gasteiger partial charge in [0, 0.05) is 37.5 Å². The molecule has 2 rings (SSSR count). The molecule has 1 heterocycles. The fraction of sp³-hybridized carbons (Fsp3) is 0.538. The summed E-state index contributed by atoms with van der Waals surface area (Å²) in [6.45, 7) is 2.15. The lowest BCUT2D eigenvalue weighted by molar-refractivity contribution is -0.384. The van der Waals surface area contributed by atoms with E-state index in [9.17, 15) is 10.1 Å². The molecule has 1 atom stereocenters. The van der Waals surface area contributed by atoms with E-state index in [1.165, 1.54) is 0 Å². The molecular formula is C13H18N2O3. The molecule has 1 aliphatic heterocycles. The van der Waals surface area contributed by atoms with Crippen LogP contribution in [0.4, 0.5) is 11.4 Å². The van der Waals surface area contributed by atoms with E-state index in [-0.39, 0.29) is 17.2 Å². The minimum Gasteiger partial charge on any atom is -0.396 e. The molecule has 1 N–H and O–H groups in total. The second kappa shape index (κ2) is 5.82. The van der Waals surface area contributed by atoms with Crippen LogP contribution in [-0.2, 0) is 0 Å². The fourth-order valence-electron chi connectivity index (χ4n) is 2.50. The molecular weight excluding hydrogens is 232 g/mol. The van der Waals surface area contributed by atoms with E-state index >= 15 is 0 Å². The molecule has 1 fully saturated rings. The summed E-state index contributed by atoms with van der Waals surface area (Å²) in [6, 6.07) is 6.70. The van der Waals surface area contributed by atoms with Gasteiger partial charge in [-0.2, -0.15) is 0 Å². The normalized spacial score (nSPS) is 19.8. The van der Waals surface area contributed by atoms with E-state index in [0.29, 0.717) is 5.92 Å². The van der Waals surface area contributed by atoms with Crippen molar-refractivity contribution in [1.82, 2.24) is 0 Å². The van der Waals surface area contributed by atoms with Gasteiger partial charge in [0.25, 0.3) is 5.69 Å². The van der Waals surface area contributed by atoms with Crippen molar-refractivity contribution >= 4 is 11.4 Å². The number of non-ortho nitro benzene ring substituents is 1. The Hall–Kier alpha value is -1.62. The van der Waals surface area contributed by atoms with E-state index in [2.05, 4.69) is 4.90 Å². The van der Waals surface area contributed by atoms with Crippen LogP contribution < -0.4 is 4.90 Å². The van der Waals surface area contributed by atoms with Crippen molar-refractivity contribution in [1.29, 1.82) is 0 Å². The minimum atomic E-state index is -0.380. The van der Waals surface area contributed by atoms with Crippen molar-refractivity contribution in [2.24, 2.45) is 5.92 Å². The lowest BCUT2D eigenvalue weighted by Gasteiger charge is -2.34. The first-order valence-corrected chi connectivity index (χ1v) is 6.31. The Balaban J connectivity index is 2.04. The number of hydrogen-bond acceptors (Lipinski definition) is 4. The van der Waals surface area contributed by atoms with Crippen molar-refractivity contribution in [2.45, 2.75) is 19.3 Å². The van der Waals surface area contributed by atoms with Crippen LogP contribution in [0.2, 0.25) is 0 Å². The van der Waals surface area contributed by atoms with Crippen LogP contribution in [0.1, 0.15) is 19.3 Å². The molecule has 0 aliphatic carbocycles. The Morgan fingerprint density at radius 3 is 2.72 bits per heavy atom. The topological polar surface area (TPSA) is 66.6 Å². The number of hydrogen-bond donors (Lipinski definition) is 1. The molecule has 98 valence electrons. The third kappa shape index (κ3) is 2.98. The highest BCUT2D eigenvalue weighted by Crippen LogP contribution is 2.26. The van der Waals surface area contributed by atoms with Gasteiger partial charge in [0.2, 0.25) is 0 Å². The molecule has 1 unspecified atom stereocenters. The number of nitro benzene ring substituents is 1. The highest BCUT2D eigenvalue weighted by Gasteiger charge is 2.20. The maximum absolute atomic E-state index is 10.6. The van der Waals surface area contributed by atoms with Crippen LogP contribution in [0.5, 0.6) is 0 Å². The van der Waals surface area contributed by atoms with Gasteiger partial charge >= 0.3 is 0 Å². The Kier molecular flexibility index (Phi) is 4.15. The monoisotopic (exact) mass is 250 g/mol. The highest BCUT2D eigenvalue weighted by molar-refractivity contribution is 5.51. The first-order chi connectivity index (χ1) is 8.70. The van der Waals surface area contributed by atoms with Gasteiger partial charge in [-0.15, -0.1) is 0 Å². The zero-order valence-corrected chi connectivity index (χ0v) is 10.3. The number of piperidine rings is 1. The van der Waals surface area contributed by atoms with Crippen molar-refractivity contribution in [2.75, 3.05) is 24.6 Å². The van der Waals surface area contributed by atoms with Crippen LogP contribution in [0, 0.1) is 16.0 Å². The lowest BCUT2D eigenvalue weighted by Crippen LogP contribution is -2.35. The Morgan fingerprint density at radius 2 is 2.11 bits per heavy atom. The third-order valence-electron chi connectivity index (χ3n) is 3.48. The van der Waals surface area contributed by atoms with Gasteiger partial charge in [0.1, 0.15) is 0 Å². The molecule has 18 heavy (non-hydrogen) atoms. The first kappa shape index (κ1) is 12.8. The highest BCUT2D eigenvalue weighted by atomic mass is 16.6. The predicted octanol–water partition coefficient (Wildman–Crippen LogP) is 2.19. The van der Waals surface area contributed by atoms with Crippen molar-refractivity contribution < 1.29 is 10.0 Å². The molecule has 1 aromatic carbocycles. The van der Waals surface area contributed by atoms with E-state index < -0.39 is 0 Å². The van der Waals surface area contributed by atoms with Crippen molar-refractivity contribution in [3.05, 3.63) is 34.4 Å². The van der Waals surface area contributed by atoms with Gasteiger partial charge in [-0.05, 0) is 37.3 Å². The molecule has 0 aromatic heterocycles. The van der Waals surface area contributed by atoms with Crippen LogP contribution in [0.15, 0.2) is 24.3 Å². The SMILES string of the molecule is O=[N+]([O-])c1ccc(N2CCCC(CCO)C2)cc1. The summed E-state index contributed by atoms with van der Waals surface area (Å²) >= 11 is 0. The number of nitro groups is 1.